The predicted molar refractivity (Wildman–Crippen MR) is 96.6 cm³/mol. The fourth-order valence-electron chi connectivity index (χ4n) is 2.22. The molecule has 2 N–H and O–H groups in total. The Balaban J connectivity index is 2.39. The Kier molecular flexibility index (Phi) is 5.73. The number of hydrogen-bond acceptors (Lipinski definition) is 4. The molecule has 5 heteroatoms. The smallest absolute Gasteiger partial charge is 0.221 e. The molecule has 0 spiro atoms. The van der Waals surface area contributed by atoms with Gasteiger partial charge in [0.2, 0.25) is 5.91 Å². The number of hydrogen-bond donors (Lipinski definition) is 2. The number of allylic oxidation sites excluding steroid dienone is 1. The lowest BCUT2D eigenvalue weighted by atomic mass is 10.1. The molecule has 0 heterocycles. The van der Waals surface area contributed by atoms with Gasteiger partial charge in [0.25, 0.3) is 0 Å². The number of anilines is 1. The van der Waals surface area contributed by atoms with Gasteiger partial charge in [-0.15, -0.1) is 6.58 Å². The zero-order valence-electron chi connectivity index (χ0n) is 13.7. The molecule has 0 aromatic heterocycles. The van der Waals surface area contributed by atoms with Crippen molar-refractivity contribution in [2.45, 2.75) is 13.3 Å². The fourth-order valence-corrected chi connectivity index (χ4v) is 2.22. The number of methoxy groups -OCH3 is 1. The average Bonchev–Trinajstić information content (AvgIpc) is 2.56. The van der Waals surface area contributed by atoms with Crippen molar-refractivity contribution in [3.8, 4) is 11.5 Å². The van der Waals surface area contributed by atoms with E-state index in [2.05, 4.69) is 16.9 Å². The van der Waals surface area contributed by atoms with Crippen LogP contribution in [0.25, 0.3) is 0 Å². The van der Waals surface area contributed by atoms with Crippen LogP contribution in [0.5, 0.6) is 11.5 Å². The molecule has 0 unspecified atom stereocenters. The van der Waals surface area contributed by atoms with Crippen molar-refractivity contribution < 1.29 is 14.6 Å². The second-order valence-corrected chi connectivity index (χ2v) is 5.17. The highest BCUT2D eigenvalue weighted by molar-refractivity contribution is 5.94. The molecule has 2 aromatic rings. The summed E-state index contributed by atoms with van der Waals surface area (Å²) < 4.78 is 5.19. The van der Waals surface area contributed by atoms with Crippen molar-refractivity contribution in [2.75, 3.05) is 12.4 Å². The minimum Gasteiger partial charge on any atom is -0.507 e. The Morgan fingerprint density at radius 2 is 2.17 bits per heavy atom. The first-order valence-electron chi connectivity index (χ1n) is 7.46. The number of aliphatic imine (C=N–C) groups is 1. The number of carbonyl (C=O) groups is 1. The van der Waals surface area contributed by atoms with Crippen LogP contribution in [0.2, 0.25) is 0 Å². The third-order valence-corrected chi connectivity index (χ3v) is 3.37. The van der Waals surface area contributed by atoms with E-state index in [9.17, 15) is 9.90 Å². The quantitative estimate of drug-likeness (QED) is 0.626. The lowest BCUT2D eigenvalue weighted by Gasteiger charge is -2.09. The molecule has 0 aliphatic rings. The highest BCUT2D eigenvalue weighted by atomic mass is 16.5. The van der Waals surface area contributed by atoms with Crippen LogP contribution >= 0.6 is 0 Å². The van der Waals surface area contributed by atoms with Gasteiger partial charge in [-0.1, -0.05) is 18.2 Å². The van der Waals surface area contributed by atoms with Gasteiger partial charge in [0.1, 0.15) is 11.5 Å². The topological polar surface area (TPSA) is 70.9 Å². The van der Waals surface area contributed by atoms with Gasteiger partial charge in [-0.05, 0) is 30.2 Å². The number of phenolic OH excluding ortho intramolecular Hbond substituents is 1. The summed E-state index contributed by atoms with van der Waals surface area (Å²) in [5.74, 6) is 0.610. The van der Waals surface area contributed by atoms with E-state index >= 15 is 0 Å². The van der Waals surface area contributed by atoms with Crippen molar-refractivity contribution in [3.63, 3.8) is 0 Å². The maximum atomic E-state index is 11.3. The number of nitrogens with zero attached hydrogens (tertiary/aromatic N) is 1. The molecule has 0 radical (unpaired) electrons. The Morgan fingerprint density at radius 1 is 1.38 bits per heavy atom. The van der Waals surface area contributed by atoms with Gasteiger partial charge in [-0.3, -0.25) is 9.79 Å². The number of rotatable bonds is 6. The van der Waals surface area contributed by atoms with Crippen LogP contribution in [0.3, 0.4) is 0 Å². The van der Waals surface area contributed by atoms with E-state index in [-0.39, 0.29) is 11.7 Å². The number of para-hydroxylation sites is 1. The zero-order valence-corrected chi connectivity index (χ0v) is 13.7. The molecule has 0 atom stereocenters. The second kappa shape index (κ2) is 7.97. The summed E-state index contributed by atoms with van der Waals surface area (Å²) >= 11 is 0. The van der Waals surface area contributed by atoms with Crippen molar-refractivity contribution in [3.05, 3.63) is 60.2 Å². The average molecular weight is 324 g/mol. The van der Waals surface area contributed by atoms with Crippen molar-refractivity contribution in [1.82, 2.24) is 0 Å². The van der Waals surface area contributed by atoms with Crippen LogP contribution in [0.1, 0.15) is 18.1 Å². The van der Waals surface area contributed by atoms with E-state index in [0.717, 1.165) is 5.56 Å². The number of carbonyl (C=O) groups excluding carboxylic acids is 1. The van der Waals surface area contributed by atoms with Crippen LogP contribution in [0.15, 0.2) is 54.0 Å². The normalized spacial score (nSPS) is 10.6. The van der Waals surface area contributed by atoms with Crippen LogP contribution in [-0.4, -0.2) is 24.3 Å². The van der Waals surface area contributed by atoms with Crippen LogP contribution in [0, 0.1) is 0 Å². The SMILES string of the molecule is C=CCc1cccc(C=Nc2cc(OC)ccc2NC(C)=O)c1O. The summed E-state index contributed by atoms with van der Waals surface area (Å²) in [5.41, 5.74) is 2.48. The van der Waals surface area contributed by atoms with E-state index < -0.39 is 0 Å². The molecule has 0 bridgehead atoms. The summed E-state index contributed by atoms with van der Waals surface area (Å²) in [7, 11) is 1.56. The number of amides is 1. The predicted octanol–water partition coefficient (Wildman–Crippen LogP) is 3.84. The maximum Gasteiger partial charge on any atom is 0.221 e. The van der Waals surface area contributed by atoms with Gasteiger partial charge in [0.05, 0.1) is 18.5 Å². The molecular formula is C19H20N2O3. The molecule has 2 rings (SSSR count). The number of aromatic hydroxyl groups is 1. The second-order valence-electron chi connectivity index (χ2n) is 5.17. The maximum absolute atomic E-state index is 11.3. The number of phenols is 1. The summed E-state index contributed by atoms with van der Waals surface area (Å²) in [6.45, 7) is 5.11. The lowest BCUT2D eigenvalue weighted by molar-refractivity contribution is -0.114. The van der Waals surface area contributed by atoms with E-state index in [4.69, 9.17) is 4.74 Å². The van der Waals surface area contributed by atoms with Crippen LogP contribution < -0.4 is 10.1 Å². The number of nitrogens with one attached hydrogen (secondary N) is 1. The summed E-state index contributed by atoms with van der Waals surface area (Å²) in [6, 6.07) is 10.6. The highest BCUT2D eigenvalue weighted by Crippen LogP contribution is 2.30. The Morgan fingerprint density at radius 3 is 2.83 bits per heavy atom. The first kappa shape index (κ1) is 17.3. The first-order valence-corrected chi connectivity index (χ1v) is 7.46. The van der Waals surface area contributed by atoms with Gasteiger partial charge < -0.3 is 15.2 Å². The Bertz CT molecular complexity index is 782. The van der Waals surface area contributed by atoms with E-state index in [0.29, 0.717) is 29.1 Å². The Labute approximate surface area is 141 Å². The molecule has 24 heavy (non-hydrogen) atoms. The molecule has 1 amide bonds. The molecule has 5 nitrogen and oxygen atoms in total. The van der Waals surface area contributed by atoms with E-state index in [1.165, 1.54) is 6.92 Å². The summed E-state index contributed by atoms with van der Waals surface area (Å²) in [5, 5.41) is 13.0. The third kappa shape index (κ3) is 4.23. The largest absolute Gasteiger partial charge is 0.507 e. The minimum atomic E-state index is -0.188. The molecule has 0 saturated carbocycles. The monoisotopic (exact) mass is 324 g/mol. The van der Waals surface area contributed by atoms with Gasteiger partial charge in [-0.25, -0.2) is 0 Å². The minimum absolute atomic E-state index is 0.171. The van der Waals surface area contributed by atoms with Crippen molar-refractivity contribution in [2.24, 2.45) is 4.99 Å². The fraction of sp³-hybridized carbons (Fsp3) is 0.158. The van der Waals surface area contributed by atoms with Gasteiger partial charge in [0.15, 0.2) is 0 Å². The molecule has 124 valence electrons. The van der Waals surface area contributed by atoms with E-state index in [1.807, 2.05) is 12.1 Å². The zero-order chi connectivity index (χ0) is 17.5. The molecule has 2 aromatic carbocycles. The Hall–Kier alpha value is -3.08. The van der Waals surface area contributed by atoms with Gasteiger partial charge in [-0.2, -0.15) is 0 Å². The first-order chi connectivity index (χ1) is 11.5. The van der Waals surface area contributed by atoms with Crippen molar-refractivity contribution >= 4 is 23.5 Å². The van der Waals surface area contributed by atoms with Crippen LogP contribution in [-0.2, 0) is 11.2 Å². The van der Waals surface area contributed by atoms with Crippen molar-refractivity contribution in [1.29, 1.82) is 0 Å². The van der Waals surface area contributed by atoms with E-state index in [1.54, 1.807) is 43.7 Å². The highest BCUT2D eigenvalue weighted by Gasteiger charge is 2.07. The molecule has 0 aliphatic carbocycles. The summed E-state index contributed by atoms with van der Waals surface area (Å²) in [6.07, 6.45) is 3.86. The standard InChI is InChI=1S/C19H20N2O3/c1-4-6-14-7-5-8-15(19(14)23)12-20-18-11-16(24-3)9-10-17(18)21-13(2)22/h4-5,7-12,23H,1,6H2,2-3H3,(H,21,22). The van der Waals surface area contributed by atoms with Gasteiger partial charge in [0, 0.05) is 24.8 Å². The lowest BCUT2D eigenvalue weighted by Crippen LogP contribution is -2.05. The van der Waals surface area contributed by atoms with Crippen LogP contribution in [0.4, 0.5) is 11.4 Å². The molecule has 0 aliphatic heterocycles. The molecule has 0 saturated heterocycles. The molecule has 0 fully saturated rings. The number of benzene rings is 2. The summed E-state index contributed by atoms with van der Waals surface area (Å²) in [4.78, 5) is 15.7. The van der Waals surface area contributed by atoms with Gasteiger partial charge >= 0.3 is 0 Å². The third-order valence-electron chi connectivity index (χ3n) is 3.37. The number of ether oxygens (including phenoxy) is 1. The molecular weight excluding hydrogens is 304 g/mol.